The van der Waals surface area contributed by atoms with Gasteiger partial charge in [0.25, 0.3) is 0 Å². The van der Waals surface area contributed by atoms with E-state index in [1.807, 2.05) is 30.3 Å². The molecular weight excluding hydrogens is 272 g/mol. The van der Waals surface area contributed by atoms with Crippen molar-refractivity contribution in [3.63, 3.8) is 0 Å². The zero-order valence-corrected chi connectivity index (χ0v) is 12.6. The molecule has 2 aliphatic rings. The first kappa shape index (κ1) is 15.2. The molecule has 0 heterocycles. The summed E-state index contributed by atoms with van der Waals surface area (Å²) in [5.74, 6) is 1.81. The van der Waals surface area contributed by atoms with Crippen LogP contribution in [0.2, 0.25) is 0 Å². The van der Waals surface area contributed by atoms with Crippen LogP contribution in [0.25, 0.3) is 0 Å². The second-order valence-electron chi connectivity index (χ2n) is 5.91. The van der Waals surface area contributed by atoms with Crippen molar-refractivity contribution >= 4 is 24.0 Å². The van der Waals surface area contributed by atoms with Crippen LogP contribution in [0.3, 0.4) is 0 Å². The Morgan fingerprint density at radius 2 is 1.60 bits per heavy atom. The number of nitrogens with one attached hydrogen (secondary N) is 1. The largest absolute Gasteiger partial charge is 0.376 e. The van der Waals surface area contributed by atoms with E-state index in [0.717, 1.165) is 30.6 Å². The lowest BCUT2D eigenvalue weighted by Gasteiger charge is -2.23. The maximum atomic E-state index is 12.3. The average molecular weight is 295 g/mol. The summed E-state index contributed by atoms with van der Waals surface area (Å²) in [5, 5.41) is 3.22. The van der Waals surface area contributed by atoms with Gasteiger partial charge in [0.1, 0.15) is 0 Å². The number of amides is 1. The summed E-state index contributed by atoms with van der Waals surface area (Å²) in [4.78, 5) is 14.4. The lowest BCUT2D eigenvalue weighted by atomic mass is 10.3. The van der Waals surface area contributed by atoms with Crippen molar-refractivity contribution in [2.24, 2.45) is 11.8 Å². The molecule has 1 aromatic rings. The first-order valence-electron chi connectivity index (χ1n) is 7.38. The van der Waals surface area contributed by atoms with E-state index >= 15 is 0 Å². The highest BCUT2D eigenvalue weighted by atomic mass is 35.5. The summed E-state index contributed by atoms with van der Waals surface area (Å²) in [6, 6.07) is 9.95. The second kappa shape index (κ2) is 6.98. The lowest BCUT2D eigenvalue weighted by Crippen LogP contribution is -2.38. The normalized spacial score (nSPS) is 17.2. The van der Waals surface area contributed by atoms with E-state index in [1.165, 1.54) is 25.7 Å². The number of carbonyl (C=O) groups is 1. The van der Waals surface area contributed by atoms with Gasteiger partial charge in [0.05, 0.1) is 6.54 Å². The van der Waals surface area contributed by atoms with Crippen molar-refractivity contribution in [3.05, 3.63) is 30.3 Å². The number of anilines is 1. The van der Waals surface area contributed by atoms with Gasteiger partial charge < -0.3 is 10.2 Å². The van der Waals surface area contributed by atoms with Crippen LogP contribution >= 0.6 is 12.4 Å². The monoisotopic (exact) mass is 294 g/mol. The minimum Gasteiger partial charge on any atom is -0.376 e. The molecule has 20 heavy (non-hydrogen) atoms. The van der Waals surface area contributed by atoms with Crippen LogP contribution in [0.1, 0.15) is 25.7 Å². The minimum absolute atomic E-state index is 0. The molecular formula is C16H23ClN2O. The molecule has 0 unspecified atom stereocenters. The van der Waals surface area contributed by atoms with E-state index in [4.69, 9.17) is 0 Å². The minimum atomic E-state index is 0. The van der Waals surface area contributed by atoms with E-state index in [1.54, 1.807) is 0 Å². The van der Waals surface area contributed by atoms with E-state index < -0.39 is 0 Å². The van der Waals surface area contributed by atoms with Gasteiger partial charge in [0, 0.05) is 18.8 Å². The molecule has 0 radical (unpaired) electrons. The van der Waals surface area contributed by atoms with E-state index in [0.29, 0.717) is 6.54 Å². The van der Waals surface area contributed by atoms with Crippen LogP contribution in [0.5, 0.6) is 0 Å². The third-order valence-electron chi connectivity index (χ3n) is 3.92. The summed E-state index contributed by atoms with van der Waals surface area (Å²) >= 11 is 0. The van der Waals surface area contributed by atoms with Crippen molar-refractivity contribution in [2.75, 3.05) is 25.0 Å². The molecule has 0 spiro atoms. The van der Waals surface area contributed by atoms with Gasteiger partial charge in [-0.25, -0.2) is 0 Å². The Morgan fingerprint density at radius 1 is 1.05 bits per heavy atom. The molecule has 1 aromatic carbocycles. The summed E-state index contributed by atoms with van der Waals surface area (Å²) in [5.41, 5.74) is 1.02. The lowest BCUT2D eigenvalue weighted by molar-refractivity contribution is -0.129. The van der Waals surface area contributed by atoms with Gasteiger partial charge in [-0.15, -0.1) is 12.4 Å². The van der Waals surface area contributed by atoms with E-state index in [9.17, 15) is 4.79 Å². The molecule has 110 valence electrons. The molecule has 0 aliphatic heterocycles. The van der Waals surface area contributed by atoms with Crippen LogP contribution < -0.4 is 5.32 Å². The van der Waals surface area contributed by atoms with Gasteiger partial charge in [-0.3, -0.25) is 4.79 Å². The number of para-hydroxylation sites is 1. The van der Waals surface area contributed by atoms with Gasteiger partial charge in [-0.05, 0) is 49.7 Å². The standard InChI is InChI=1S/C16H22N2O.ClH/c19-16(10-17-15-4-2-1-3-5-15)18(11-13-6-7-13)12-14-8-9-14;/h1-5,13-14,17H,6-12H2;1H. The molecule has 3 rings (SSSR count). The summed E-state index contributed by atoms with van der Waals surface area (Å²) in [6.45, 7) is 2.38. The van der Waals surface area contributed by atoms with Crippen molar-refractivity contribution in [2.45, 2.75) is 25.7 Å². The Hall–Kier alpha value is -1.22. The molecule has 3 nitrogen and oxygen atoms in total. The fourth-order valence-electron chi connectivity index (χ4n) is 2.35. The molecule has 2 aliphatic carbocycles. The molecule has 0 saturated heterocycles. The zero-order chi connectivity index (χ0) is 13.1. The number of halogens is 1. The van der Waals surface area contributed by atoms with Gasteiger partial charge in [-0.1, -0.05) is 18.2 Å². The second-order valence-corrected chi connectivity index (χ2v) is 5.91. The predicted octanol–water partition coefficient (Wildman–Crippen LogP) is 3.17. The van der Waals surface area contributed by atoms with E-state index in [2.05, 4.69) is 10.2 Å². The van der Waals surface area contributed by atoms with Gasteiger partial charge in [-0.2, -0.15) is 0 Å². The topological polar surface area (TPSA) is 32.3 Å². The average Bonchev–Trinajstić information content (AvgIpc) is 3.31. The molecule has 2 fully saturated rings. The Labute approximate surface area is 127 Å². The first-order valence-corrected chi connectivity index (χ1v) is 7.38. The van der Waals surface area contributed by atoms with Crippen molar-refractivity contribution in [1.82, 2.24) is 4.90 Å². The maximum absolute atomic E-state index is 12.3. The molecule has 1 N–H and O–H groups in total. The molecule has 0 atom stereocenters. The highest BCUT2D eigenvalue weighted by Gasteiger charge is 2.31. The summed E-state index contributed by atoms with van der Waals surface area (Å²) in [7, 11) is 0. The number of hydrogen-bond donors (Lipinski definition) is 1. The summed E-state index contributed by atoms with van der Waals surface area (Å²) in [6.07, 6.45) is 5.22. The van der Waals surface area contributed by atoms with Crippen molar-refractivity contribution < 1.29 is 4.79 Å². The molecule has 0 aromatic heterocycles. The number of rotatable bonds is 7. The van der Waals surface area contributed by atoms with Crippen LogP contribution in [0, 0.1) is 11.8 Å². The first-order chi connectivity index (χ1) is 9.31. The number of nitrogens with zero attached hydrogens (tertiary/aromatic N) is 1. The highest BCUT2D eigenvalue weighted by molar-refractivity contribution is 5.85. The highest BCUT2D eigenvalue weighted by Crippen LogP contribution is 2.33. The Kier molecular flexibility index (Phi) is 5.30. The molecule has 4 heteroatoms. The van der Waals surface area contributed by atoms with Crippen LogP contribution in [0.4, 0.5) is 5.69 Å². The van der Waals surface area contributed by atoms with Crippen molar-refractivity contribution in [3.8, 4) is 0 Å². The van der Waals surface area contributed by atoms with Crippen LogP contribution in [0.15, 0.2) is 30.3 Å². The van der Waals surface area contributed by atoms with E-state index in [-0.39, 0.29) is 18.3 Å². The maximum Gasteiger partial charge on any atom is 0.241 e. The van der Waals surface area contributed by atoms with Crippen LogP contribution in [-0.2, 0) is 4.79 Å². The third kappa shape index (κ3) is 4.71. The SMILES string of the molecule is Cl.O=C(CNc1ccccc1)N(CC1CC1)CC1CC1. The van der Waals surface area contributed by atoms with Crippen molar-refractivity contribution in [1.29, 1.82) is 0 Å². The third-order valence-corrected chi connectivity index (χ3v) is 3.92. The predicted molar refractivity (Wildman–Crippen MR) is 84.2 cm³/mol. The Balaban J connectivity index is 0.00000147. The van der Waals surface area contributed by atoms with Gasteiger partial charge in [0.2, 0.25) is 5.91 Å². The molecule has 0 bridgehead atoms. The summed E-state index contributed by atoms with van der Waals surface area (Å²) < 4.78 is 0. The quantitative estimate of drug-likeness (QED) is 0.838. The van der Waals surface area contributed by atoms with Gasteiger partial charge in [0.15, 0.2) is 0 Å². The van der Waals surface area contributed by atoms with Gasteiger partial charge >= 0.3 is 0 Å². The fraction of sp³-hybridized carbons (Fsp3) is 0.562. The zero-order valence-electron chi connectivity index (χ0n) is 11.8. The molecule has 1 amide bonds. The number of hydrogen-bond acceptors (Lipinski definition) is 2. The van der Waals surface area contributed by atoms with Crippen LogP contribution in [-0.4, -0.2) is 30.4 Å². The Morgan fingerprint density at radius 3 is 2.10 bits per heavy atom. The smallest absolute Gasteiger partial charge is 0.241 e. The number of benzene rings is 1. The molecule has 2 saturated carbocycles. The number of carbonyl (C=O) groups excluding carboxylic acids is 1. The fourth-order valence-corrected chi connectivity index (χ4v) is 2.35. The Bertz CT molecular complexity index is 415.